The molecule has 0 aromatic heterocycles. The Morgan fingerprint density at radius 2 is 2.00 bits per heavy atom. The molecular formula is C18H27N3O4S. The maximum atomic E-state index is 12.2. The Bertz CT molecular complexity index is 728. The van der Waals surface area contributed by atoms with Gasteiger partial charge in [0.2, 0.25) is 10.0 Å². The average molecular weight is 381 g/mol. The van der Waals surface area contributed by atoms with Crippen LogP contribution in [0.3, 0.4) is 0 Å². The zero-order valence-corrected chi connectivity index (χ0v) is 16.2. The number of para-hydroxylation sites is 1. The van der Waals surface area contributed by atoms with E-state index in [1.165, 1.54) is 10.5 Å². The molecule has 1 aromatic carbocycles. The van der Waals surface area contributed by atoms with Crippen molar-refractivity contribution in [1.82, 2.24) is 9.73 Å². The fourth-order valence-electron chi connectivity index (χ4n) is 3.11. The van der Waals surface area contributed by atoms with Crippen molar-refractivity contribution in [2.45, 2.75) is 45.1 Å². The monoisotopic (exact) mass is 381 g/mol. The lowest BCUT2D eigenvalue weighted by Gasteiger charge is -2.31. The van der Waals surface area contributed by atoms with Crippen LogP contribution in [-0.4, -0.2) is 50.3 Å². The number of hydrogen-bond acceptors (Lipinski definition) is 5. The SMILES string of the molecule is CCOc1ccccc1/C=N/NC(=O)CN(C1CCCCC1)S(C)(=O)=O. The topological polar surface area (TPSA) is 88.1 Å². The number of sulfonamides is 1. The number of nitrogens with zero attached hydrogens (tertiary/aromatic N) is 2. The molecule has 0 bridgehead atoms. The molecule has 1 fully saturated rings. The Hall–Kier alpha value is -1.93. The van der Waals surface area contributed by atoms with Gasteiger partial charge in [0.1, 0.15) is 5.75 Å². The van der Waals surface area contributed by atoms with Crippen molar-refractivity contribution in [2.75, 3.05) is 19.4 Å². The summed E-state index contributed by atoms with van der Waals surface area (Å²) in [7, 11) is -3.45. The minimum atomic E-state index is -3.45. The standard InChI is InChI=1S/C18H27N3O4S/c1-3-25-17-12-8-7-9-15(17)13-19-20-18(22)14-21(26(2,23)24)16-10-5-4-6-11-16/h7-9,12-13,16H,3-6,10-11,14H2,1-2H3,(H,20,22)/b19-13+. The molecule has 26 heavy (non-hydrogen) atoms. The summed E-state index contributed by atoms with van der Waals surface area (Å²) >= 11 is 0. The van der Waals surface area contributed by atoms with Gasteiger partial charge in [-0.05, 0) is 31.9 Å². The lowest BCUT2D eigenvalue weighted by Crippen LogP contribution is -2.45. The number of rotatable bonds is 8. The van der Waals surface area contributed by atoms with Crippen LogP contribution in [0.25, 0.3) is 0 Å². The van der Waals surface area contributed by atoms with Crippen molar-refractivity contribution in [3.05, 3.63) is 29.8 Å². The molecule has 2 rings (SSSR count). The molecule has 0 saturated heterocycles. The first kappa shape index (κ1) is 20.4. The van der Waals surface area contributed by atoms with Crippen molar-refractivity contribution in [3.8, 4) is 5.75 Å². The molecular weight excluding hydrogens is 354 g/mol. The van der Waals surface area contributed by atoms with Crippen LogP contribution >= 0.6 is 0 Å². The smallest absolute Gasteiger partial charge is 0.255 e. The first-order valence-corrected chi connectivity index (χ1v) is 10.8. The number of carbonyl (C=O) groups is 1. The Balaban J connectivity index is 1.98. The summed E-state index contributed by atoms with van der Waals surface area (Å²) in [5.41, 5.74) is 3.15. The highest BCUT2D eigenvalue weighted by Gasteiger charge is 2.29. The summed E-state index contributed by atoms with van der Waals surface area (Å²) < 4.78 is 30.9. The third-order valence-electron chi connectivity index (χ3n) is 4.32. The van der Waals surface area contributed by atoms with Crippen molar-refractivity contribution in [2.24, 2.45) is 5.10 Å². The second kappa shape index (κ2) is 9.68. The molecule has 144 valence electrons. The van der Waals surface area contributed by atoms with Crippen molar-refractivity contribution >= 4 is 22.1 Å². The van der Waals surface area contributed by atoms with E-state index in [2.05, 4.69) is 10.5 Å². The Kier molecular flexibility index (Phi) is 7.59. The van der Waals surface area contributed by atoms with Crippen molar-refractivity contribution in [1.29, 1.82) is 0 Å². The summed E-state index contributed by atoms with van der Waals surface area (Å²) in [6, 6.07) is 7.24. The second-order valence-electron chi connectivity index (χ2n) is 6.36. The molecule has 8 heteroatoms. The Labute approximate surface area is 155 Å². The number of hydrogen-bond donors (Lipinski definition) is 1. The summed E-state index contributed by atoms with van der Waals surface area (Å²) in [6.07, 6.45) is 7.33. The van der Waals surface area contributed by atoms with E-state index in [9.17, 15) is 13.2 Å². The van der Waals surface area contributed by atoms with Crippen LogP contribution in [-0.2, 0) is 14.8 Å². The molecule has 0 atom stereocenters. The normalized spacial score (nSPS) is 16.1. The van der Waals surface area contributed by atoms with E-state index >= 15 is 0 Å². The van der Waals surface area contributed by atoms with Gasteiger partial charge in [-0.15, -0.1) is 0 Å². The van der Waals surface area contributed by atoms with Gasteiger partial charge in [0.15, 0.2) is 0 Å². The lowest BCUT2D eigenvalue weighted by molar-refractivity contribution is -0.121. The van der Waals surface area contributed by atoms with E-state index in [0.717, 1.165) is 43.9 Å². The van der Waals surface area contributed by atoms with E-state index in [4.69, 9.17) is 4.74 Å². The summed E-state index contributed by atoms with van der Waals surface area (Å²) in [6.45, 7) is 2.20. The fourth-order valence-corrected chi connectivity index (χ4v) is 4.22. The molecule has 0 heterocycles. The Morgan fingerprint density at radius 1 is 1.31 bits per heavy atom. The van der Waals surface area contributed by atoms with Gasteiger partial charge >= 0.3 is 0 Å². The molecule has 1 aliphatic rings. The lowest BCUT2D eigenvalue weighted by atomic mass is 9.95. The third-order valence-corrected chi connectivity index (χ3v) is 5.60. The number of carbonyl (C=O) groups excluding carboxylic acids is 1. The maximum absolute atomic E-state index is 12.2. The summed E-state index contributed by atoms with van der Waals surface area (Å²) in [5, 5.41) is 3.94. The first-order chi connectivity index (χ1) is 12.4. The Morgan fingerprint density at radius 3 is 2.65 bits per heavy atom. The fraction of sp³-hybridized carbons (Fsp3) is 0.556. The van der Waals surface area contributed by atoms with Crippen molar-refractivity contribution in [3.63, 3.8) is 0 Å². The molecule has 0 aliphatic heterocycles. The van der Waals surface area contributed by atoms with Gasteiger partial charge in [0.05, 0.1) is 25.6 Å². The number of nitrogens with one attached hydrogen (secondary N) is 1. The van der Waals surface area contributed by atoms with Gasteiger partial charge in [-0.1, -0.05) is 31.4 Å². The molecule has 0 radical (unpaired) electrons. The molecule has 1 aromatic rings. The second-order valence-corrected chi connectivity index (χ2v) is 8.30. The largest absolute Gasteiger partial charge is 0.493 e. The first-order valence-electron chi connectivity index (χ1n) is 8.92. The molecule has 7 nitrogen and oxygen atoms in total. The van der Waals surface area contributed by atoms with Crippen LogP contribution in [0, 0.1) is 0 Å². The molecule has 0 spiro atoms. The van der Waals surface area contributed by atoms with E-state index in [1.807, 2.05) is 31.2 Å². The molecule has 1 N–H and O–H groups in total. The number of ether oxygens (including phenoxy) is 1. The van der Waals surface area contributed by atoms with E-state index in [0.29, 0.717) is 12.4 Å². The molecule has 1 aliphatic carbocycles. The van der Waals surface area contributed by atoms with E-state index in [1.54, 1.807) is 0 Å². The van der Waals surface area contributed by atoms with Crippen LogP contribution in [0.5, 0.6) is 5.75 Å². The van der Waals surface area contributed by atoms with Gasteiger partial charge < -0.3 is 4.74 Å². The van der Waals surface area contributed by atoms with Gasteiger partial charge in [0, 0.05) is 11.6 Å². The minimum Gasteiger partial charge on any atom is -0.493 e. The van der Waals surface area contributed by atoms with E-state index < -0.39 is 15.9 Å². The number of amides is 1. The average Bonchev–Trinajstić information content (AvgIpc) is 2.61. The predicted molar refractivity (Wildman–Crippen MR) is 102 cm³/mol. The summed E-state index contributed by atoms with van der Waals surface area (Å²) in [5.74, 6) is 0.221. The van der Waals surface area contributed by atoms with Crippen LogP contribution in [0.15, 0.2) is 29.4 Å². The van der Waals surface area contributed by atoms with Gasteiger partial charge in [-0.2, -0.15) is 9.41 Å². The molecule has 1 amide bonds. The quantitative estimate of drug-likeness (QED) is 0.552. The number of hydrazone groups is 1. The van der Waals surface area contributed by atoms with Crippen LogP contribution in [0.2, 0.25) is 0 Å². The maximum Gasteiger partial charge on any atom is 0.255 e. The zero-order chi connectivity index (χ0) is 19.0. The van der Waals surface area contributed by atoms with Gasteiger partial charge in [-0.25, -0.2) is 13.8 Å². The van der Waals surface area contributed by atoms with Crippen molar-refractivity contribution < 1.29 is 17.9 Å². The highest BCUT2D eigenvalue weighted by Crippen LogP contribution is 2.24. The van der Waals surface area contributed by atoms with Gasteiger partial charge in [0.25, 0.3) is 5.91 Å². The summed E-state index contributed by atoms with van der Waals surface area (Å²) in [4.78, 5) is 12.2. The third kappa shape index (κ3) is 6.10. The van der Waals surface area contributed by atoms with Crippen LogP contribution in [0.4, 0.5) is 0 Å². The van der Waals surface area contributed by atoms with Crippen LogP contribution < -0.4 is 10.2 Å². The minimum absolute atomic E-state index is 0.104. The number of benzene rings is 1. The van der Waals surface area contributed by atoms with Crippen LogP contribution in [0.1, 0.15) is 44.6 Å². The molecule has 1 saturated carbocycles. The highest BCUT2D eigenvalue weighted by atomic mass is 32.2. The molecule has 0 unspecified atom stereocenters. The highest BCUT2D eigenvalue weighted by molar-refractivity contribution is 7.88. The zero-order valence-electron chi connectivity index (χ0n) is 15.3. The predicted octanol–water partition coefficient (Wildman–Crippen LogP) is 2.13. The van der Waals surface area contributed by atoms with Gasteiger partial charge in [-0.3, -0.25) is 4.79 Å². The van der Waals surface area contributed by atoms with E-state index in [-0.39, 0.29) is 12.6 Å².